The Morgan fingerprint density at radius 1 is 1.04 bits per heavy atom. The van der Waals surface area contributed by atoms with E-state index in [-0.39, 0.29) is 37.2 Å². The van der Waals surface area contributed by atoms with E-state index in [1.807, 2.05) is 67.4 Å². The Balaban J connectivity index is 0.000000316. The van der Waals surface area contributed by atoms with Crippen LogP contribution in [-0.4, -0.2) is 167 Å². The van der Waals surface area contributed by atoms with Crippen molar-refractivity contribution in [1.29, 1.82) is 0 Å². The van der Waals surface area contributed by atoms with E-state index in [1.54, 1.807) is 0 Å². The number of hydrogen-bond acceptors (Lipinski definition) is 17. The molecule has 6 N–H and O–H groups in total. The minimum atomic E-state index is -3.71. The predicted molar refractivity (Wildman–Crippen MR) is 269 cm³/mol. The fourth-order valence-corrected chi connectivity index (χ4v) is 15.0. The fraction of sp³-hybridized carbons (Fsp3) is 0.574. The molecule has 0 unspecified atom stereocenters. The molecule has 1 aliphatic carbocycles. The number of aliphatic hydroxyl groups is 3. The summed E-state index contributed by atoms with van der Waals surface area (Å²) in [6.07, 6.45) is -0.651. The second-order valence-corrected chi connectivity index (χ2v) is 21.9. The molecule has 7 aliphatic rings. The van der Waals surface area contributed by atoms with Crippen molar-refractivity contribution in [2.45, 2.75) is 118 Å². The van der Waals surface area contributed by atoms with E-state index in [0.29, 0.717) is 66.3 Å². The van der Waals surface area contributed by atoms with E-state index < -0.39 is 100 Å². The molecule has 13 atom stereocenters. The van der Waals surface area contributed by atoms with Gasteiger partial charge in [0.25, 0.3) is 0 Å². The number of carbonyl (C=O) groups excluding carboxylic acids is 3. The number of piperidine rings is 1. The molecule has 11 rings (SSSR count). The zero-order valence-electron chi connectivity index (χ0n) is 43.8. The standard InChI is InChI=1S/C45H54F2N4O8.C9H11F2N3O4/c1-8-42-14-11-16-51-17-15-43(36(42)51)30-19-31(34(56-5)20-33(30)49(4)37(43)45(55,40(54)58-7)38(42)59-25(2)52)44(39(53)57-6)21-26-18-27(41(3,46)47)23-50(22-26)24-29-28-12-9-10-13-32(28)48-35(29)44;10-9(11)6(16)4(3-15)18-7(9)14-2-1-5(12)13-8(14)17/h9-14,19-20,26-27,36-38,48,55H,8,15-18,21-24H2,1-7H3;1-2,4,6-7,15-16H,3H2,(H2,12,13,17)/t26-,27-,36+,37-,38-,42-,43-,44+,45+;4-,6-,7-/m11/s1. The number of carbonyl (C=O) groups is 3. The normalized spacial score (nSPS) is 34.6. The van der Waals surface area contributed by atoms with Crippen LogP contribution in [0.2, 0.25) is 0 Å². The zero-order valence-corrected chi connectivity index (χ0v) is 43.8. The molecule has 77 heavy (non-hydrogen) atoms. The van der Waals surface area contributed by atoms with Crippen molar-refractivity contribution >= 4 is 40.3 Å². The summed E-state index contributed by atoms with van der Waals surface area (Å²) in [5.41, 5.74) is 2.57. The highest BCUT2D eigenvalue weighted by atomic mass is 19.3. The smallest absolute Gasteiger partial charge is 0.351 e. The zero-order chi connectivity index (χ0) is 55.5. The number of likely N-dealkylation sites (N-methyl/N-ethyl adjacent to an activating group) is 1. The van der Waals surface area contributed by atoms with Crippen molar-refractivity contribution in [3.63, 3.8) is 0 Å². The number of para-hydroxylation sites is 1. The van der Waals surface area contributed by atoms with Crippen molar-refractivity contribution in [3.05, 3.63) is 93.7 Å². The van der Waals surface area contributed by atoms with Crippen LogP contribution >= 0.6 is 0 Å². The molecule has 4 fully saturated rings. The Bertz CT molecular complexity index is 3100. The number of fused-ring (bicyclic) bond motifs is 6. The van der Waals surface area contributed by atoms with E-state index in [1.165, 1.54) is 28.3 Å². The third kappa shape index (κ3) is 7.83. The number of nitrogens with zero attached hydrogens (tertiary/aromatic N) is 5. The van der Waals surface area contributed by atoms with Crippen LogP contribution in [0, 0.1) is 17.3 Å². The van der Waals surface area contributed by atoms with Crippen molar-refractivity contribution < 1.29 is 70.9 Å². The molecule has 0 radical (unpaired) electrons. The number of aromatic nitrogens is 3. The third-order valence-electron chi connectivity index (χ3n) is 17.9. The average Bonchev–Trinajstić information content (AvgIpc) is 4.11. The molecular formula is C54H65F4N7O12. The van der Waals surface area contributed by atoms with Gasteiger partial charge in [0.15, 0.2) is 12.2 Å². The van der Waals surface area contributed by atoms with Crippen LogP contribution < -0.4 is 21.1 Å². The number of anilines is 2. The van der Waals surface area contributed by atoms with Crippen molar-refractivity contribution in [2.24, 2.45) is 17.3 Å². The third-order valence-corrected chi connectivity index (χ3v) is 17.9. The minimum absolute atomic E-state index is 0.114. The maximum absolute atomic E-state index is 15.3. The van der Waals surface area contributed by atoms with Gasteiger partial charge in [-0.25, -0.2) is 18.4 Å². The van der Waals surface area contributed by atoms with Gasteiger partial charge in [-0.15, -0.1) is 0 Å². The number of benzene rings is 2. The van der Waals surface area contributed by atoms with Gasteiger partial charge in [0, 0.05) is 103 Å². The second-order valence-electron chi connectivity index (χ2n) is 21.9. The maximum Gasteiger partial charge on any atom is 0.351 e. The molecule has 2 aromatic carbocycles. The molecule has 8 heterocycles. The number of methoxy groups -OCH3 is 3. The number of aliphatic hydroxyl groups excluding tert-OH is 2. The lowest BCUT2D eigenvalue weighted by atomic mass is 9.47. The highest BCUT2D eigenvalue weighted by molar-refractivity contribution is 5.95. The summed E-state index contributed by atoms with van der Waals surface area (Å²) in [5.74, 6) is -9.75. The molecule has 6 aliphatic heterocycles. The van der Waals surface area contributed by atoms with Crippen molar-refractivity contribution in [3.8, 4) is 5.75 Å². The number of H-pyrrole nitrogens is 1. The quantitative estimate of drug-likeness (QED) is 0.0693. The van der Waals surface area contributed by atoms with Crippen molar-refractivity contribution in [1.82, 2.24) is 24.3 Å². The van der Waals surface area contributed by atoms with Crippen LogP contribution in [0.3, 0.4) is 0 Å². The number of nitrogen functional groups attached to an aromatic ring is 1. The van der Waals surface area contributed by atoms with Crippen LogP contribution in [-0.2, 0) is 50.7 Å². The number of ether oxygens (including phenoxy) is 5. The number of esters is 3. The lowest BCUT2D eigenvalue weighted by molar-refractivity contribution is -0.228. The van der Waals surface area contributed by atoms with Gasteiger partial charge in [-0.1, -0.05) is 37.3 Å². The summed E-state index contributed by atoms with van der Waals surface area (Å²) >= 11 is 0. The molecule has 19 nitrogen and oxygen atoms in total. The SMILES string of the molecule is CC[C@]12C=CCN3CC[C@@]4(c5cc([C@@]6(C(=O)OC)C[C@H]7C[C@@H](C(C)(F)F)C[N@](Cc8c6[nH]c6ccccc86)C7)c(OC)cc5N(C)[C@H]4[C@@](O)(C(=O)OC)[C@@H]1OC(C)=O)[C@@H]32.Nc1ccn([C@@H]2O[C@H](CO)[C@@H](O)C2(F)F)c(=O)n1. The Morgan fingerprint density at radius 3 is 2.40 bits per heavy atom. The van der Waals surface area contributed by atoms with Gasteiger partial charge in [0.2, 0.25) is 17.8 Å². The summed E-state index contributed by atoms with van der Waals surface area (Å²) in [4.78, 5) is 67.2. The molecule has 3 saturated heterocycles. The molecule has 4 aromatic rings. The predicted octanol–water partition coefficient (Wildman–Crippen LogP) is 3.79. The molecule has 2 bridgehead atoms. The average molecular weight is 1080 g/mol. The maximum atomic E-state index is 15.3. The second kappa shape index (κ2) is 19.1. The summed E-state index contributed by atoms with van der Waals surface area (Å²) in [6, 6.07) is 11.5. The summed E-state index contributed by atoms with van der Waals surface area (Å²) in [6.45, 7) is 5.76. The van der Waals surface area contributed by atoms with Gasteiger partial charge in [-0.2, -0.15) is 13.8 Å². The lowest BCUT2D eigenvalue weighted by Crippen LogP contribution is -2.81. The molecule has 1 saturated carbocycles. The van der Waals surface area contributed by atoms with Gasteiger partial charge in [0.1, 0.15) is 23.1 Å². The first kappa shape index (κ1) is 54.3. The first-order valence-corrected chi connectivity index (χ1v) is 25.7. The van der Waals surface area contributed by atoms with Gasteiger partial charge in [-0.3, -0.25) is 24.0 Å². The molecule has 23 heteroatoms. The van der Waals surface area contributed by atoms with E-state index in [2.05, 4.69) is 19.8 Å². The topological polar surface area (TPSA) is 244 Å². The fourth-order valence-electron chi connectivity index (χ4n) is 15.0. The summed E-state index contributed by atoms with van der Waals surface area (Å²) < 4.78 is 87.0. The monoisotopic (exact) mass is 1080 g/mol. The van der Waals surface area contributed by atoms with Gasteiger partial charge in [0.05, 0.1) is 34.0 Å². The van der Waals surface area contributed by atoms with Crippen LogP contribution in [0.5, 0.6) is 5.75 Å². The van der Waals surface area contributed by atoms with Gasteiger partial charge in [-0.05, 0) is 74.4 Å². The minimum Gasteiger partial charge on any atom is -0.496 e. The first-order valence-electron chi connectivity index (χ1n) is 25.7. The van der Waals surface area contributed by atoms with E-state index in [0.717, 1.165) is 41.2 Å². The van der Waals surface area contributed by atoms with E-state index in [9.17, 15) is 33.4 Å². The number of hydrogen-bond donors (Lipinski definition) is 5. The molecule has 1 spiro atoms. The first-order chi connectivity index (χ1) is 36.4. The summed E-state index contributed by atoms with van der Waals surface area (Å²) in [7, 11) is 5.94. The van der Waals surface area contributed by atoms with Crippen LogP contribution in [0.25, 0.3) is 10.9 Å². The van der Waals surface area contributed by atoms with Crippen LogP contribution in [0.15, 0.2) is 65.6 Å². The Kier molecular flexibility index (Phi) is 13.4. The highest BCUT2D eigenvalue weighted by Gasteiger charge is 2.80. The van der Waals surface area contributed by atoms with E-state index in [4.69, 9.17) is 34.5 Å². The Morgan fingerprint density at radius 2 is 1.77 bits per heavy atom. The number of rotatable bonds is 9. The van der Waals surface area contributed by atoms with E-state index >= 15 is 13.6 Å². The largest absolute Gasteiger partial charge is 0.496 e. The van der Waals surface area contributed by atoms with Crippen LogP contribution in [0.1, 0.15) is 75.1 Å². The highest BCUT2D eigenvalue weighted by Crippen LogP contribution is 2.68. The Hall–Kier alpha value is -6.11. The van der Waals surface area contributed by atoms with Gasteiger partial charge >= 0.3 is 29.5 Å². The number of nitrogens with two attached hydrogens (primary N) is 1. The summed E-state index contributed by atoms with van der Waals surface area (Å²) in [5, 5.41) is 32.3. The number of aromatic amines is 1. The van der Waals surface area contributed by atoms with Gasteiger partial charge < -0.3 is 54.6 Å². The molecular weight excluding hydrogens is 1010 g/mol. The number of nitrogens with one attached hydrogen (secondary N) is 1. The Labute approximate surface area is 440 Å². The molecule has 416 valence electrons. The molecule has 2 aromatic heterocycles. The number of alkyl halides is 4. The number of halogens is 4. The van der Waals surface area contributed by atoms with Crippen molar-refractivity contribution in [2.75, 3.05) is 71.8 Å². The molecule has 0 amide bonds. The lowest BCUT2D eigenvalue weighted by Gasteiger charge is -2.63. The van der Waals surface area contributed by atoms with Crippen LogP contribution in [0.4, 0.5) is 29.1 Å².